The first-order chi connectivity index (χ1) is 13.4. The minimum Gasteiger partial charge on any atom is -0.392 e. The van der Waals surface area contributed by atoms with E-state index >= 15 is 0 Å². The molecule has 28 heavy (non-hydrogen) atoms. The Kier molecular flexibility index (Phi) is 6.12. The first-order valence-electron chi connectivity index (χ1n) is 9.88. The fourth-order valence-electron chi connectivity index (χ4n) is 4.47. The van der Waals surface area contributed by atoms with Crippen molar-refractivity contribution in [1.82, 2.24) is 0 Å². The molecule has 0 spiro atoms. The smallest absolute Gasteiger partial charge is 0.179 e. The minimum atomic E-state index is -3.60. The van der Waals surface area contributed by atoms with Gasteiger partial charge in [0.1, 0.15) is 0 Å². The van der Waals surface area contributed by atoms with Crippen LogP contribution in [0.4, 0.5) is 5.69 Å². The number of sulfone groups is 1. The Morgan fingerprint density at radius 3 is 2.46 bits per heavy atom. The second-order valence-electron chi connectivity index (χ2n) is 7.78. The Balaban J connectivity index is 2.29. The van der Waals surface area contributed by atoms with Gasteiger partial charge >= 0.3 is 0 Å². The van der Waals surface area contributed by atoms with Crippen LogP contribution in [-0.2, 0) is 9.84 Å². The number of hydrogen-bond donors (Lipinski definition) is 3. The average Bonchev–Trinajstić information content (AvgIpc) is 2.78. The lowest BCUT2D eigenvalue weighted by Gasteiger charge is -2.39. The van der Waals surface area contributed by atoms with Gasteiger partial charge in [0.2, 0.25) is 0 Å². The molecule has 6 heteroatoms. The van der Waals surface area contributed by atoms with Crippen molar-refractivity contribution in [2.45, 2.75) is 56.4 Å². The van der Waals surface area contributed by atoms with Crippen molar-refractivity contribution in [1.29, 1.82) is 0 Å². The first kappa shape index (κ1) is 20.8. The number of fused-ring (bicyclic) bond motifs is 1. The minimum absolute atomic E-state index is 0.0695. The average molecular weight is 404 g/mol. The van der Waals surface area contributed by atoms with Crippen LogP contribution < -0.4 is 5.48 Å². The van der Waals surface area contributed by atoms with Crippen LogP contribution in [0.15, 0.2) is 53.4 Å². The normalized spacial score (nSPS) is 26.3. The molecule has 5 nitrogen and oxygen atoms in total. The largest absolute Gasteiger partial charge is 0.392 e. The molecule has 0 aromatic heterocycles. The fourth-order valence-corrected chi connectivity index (χ4v) is 6.72. The van der Waals surface area contributed by atoms with Gasteiger partial charge in [0, 0.05) is 11.3 Å². The lowest BCUT2D eigenvalue weighted by atomic mass is 9.69. The molecule has 1 aliphatic heterocycles. The summed E-state index contributed by atoms with van der Waals surface area (Å²) >= 11 is 0. The standard InChI is InChI=1S/C22H29NO4S/c1-3-5-13-22(4-2)15-28(26,27)19-12-11-17(23-25)14-18(19)20(21(22)24)16-9-7-6-8-10-16/h6-12,14,20-21,23-25H,3-5,13,15H2,1-2H3/t20-,21-,22+/m0/s1. The van der Waals surface area contributed by atoms with Gasteiger partial charge in [-0.25, -0.2) is 8.42 Å². The van der Waals surface area contributed by atoms with Crippen molar-refractivity contribution in [3.63, 3.8) is 0 Å². The Labute approximate surface area is 167 Å². The van der Waals surface area contributed by atoms with Gasteiger partial charge in [-0.1, -0.05) is 57.0 Å². The third-order valence-corrected chi connectivity index (χ3v) is 8.12. The Hall–Kier alpha value is -1.89. The van der Waals surface area contributed by atoms with Crippen LogP contribution in [0, 0.1) is 5.41 Å². The van der Waals surface area contributed by atoms with E-state index in [0.29, 0.717) is 24.1 Å². The topological polar surface area (TPSA) is 86.6 Å². The Bertz CT molecular complexity index is 913. The molecule has 0 saturated carbocycles. The van der Waals surface area contributed by atoms with Gasteiger partial charge in [-0.05, 0) is 42.2 Å². The van der Waals surface area contributed by atoms with E-state index in [1.54, 1.807) is 12.1 Å². The zero-order valence-corrected chi connectivity index (χ0v) is 17.2. The summed E-state index contributed by atoms with van der Waals surface area (Å²) in [6, 6.07) is 14.3. The fraction of sp³-hybridized carbons (Fsp3) is 0.455. The zero-order valence-electron chi connectivity index (χ0n) is 16.4. The van der Waals surface area contributed by atoms with E-state index in [1.807, 2.05) is 37.3 Å². The molecule has 152 valence electrons. The molecule has 0 amide bonds. The lowest BCUT2D eigenvalue weighted by Crippen LogP contribution is -2.42. The monoisotopic (exact) mass is 403 g/mol. The summed E-state index contributed by atoms with van der Waals surface area (Å²) in [5.41, 5.74) is 3.19. The molecule has 2 aromatic rings. The second-order valence-corrected chi connectivity index (χ2v) is 9.73. The highest BCUT2D eigenvalue weighted by molar-refractivity contribution is 7.91. The van der Waals surface area contributed by atoms with E-state index in [-0.39, 0.29) is 10.6 Å². The molecular weight excluding hydrogens is 374 g/mol. The highest BCUT2D eigenvalue weighted by atomic mass is 32.2. The number of unbranched alkanes of at least 4 members (excludes halogenated alkanes) is 1. The molecule has 1 aliphatic rings. The quantitative estimate of drug-likeness (QED) is 0.624. The molecule has 0 saturated heterocycles. The highest BCUT2D eigenvalue weighted by Crippen LogP contribution is 2.49. The summed E-state index contributed by atoms with van der Waals surface area (Å²) in [5.74, 6) is -0.557. The summed E-state index contributed by atoms with van der Waals surface area (Å²) in [6.45, 7) is 4.04. The zero-order chi connectivity index (χ0) is 20.4. The van der Waals surface area contributed by atoms with Crippen LogP contribution in [0.1, 0.15) is 56.6 Å². The number of hydrogen-bond acceptors (Lipinski definition) is 5. The van der Waals surface area contributed by atoms with Gasteiger partial charge < -0.3 is 5.11 Å². The van der Waals surface area contributed by atoms with Crippen LogP contribution in [0.3, 0.4) is 0 Å². The summed E-state index contributed by atoms with van der Waals surface area (Å²) in [5, 5.41) is 21.0. The molecule has 3 N–H and O–H groups in total. The first-order valence-corrected chi connectivity index (χ1v) is 11.5. The number of rotatable bonds is 6. The summed E-state index contributed by atoms with van der Waals surface area (Å²) < 4.78 is 26.7. The van der Waals surface area contributed by atoms with Crippen molar-refractivity contribution in [2.75, 3.05) is 11.2 Å². The van der Waals surface area contributed by atoms with Crippen molar-refractivity contribution in [3.05, 3.63) is 59.7 Å². The second kappa shape index (κ2) is 8.23. The Morgan fingerprint density at radius 1 is 1.14 bits per heavy atom. The van der Waals surface area contributed by atoms with Crippen LogP contribution in [0.25, 0.3) is 0 Å². The summed E-state index contributed by atoms with van der Waals surface area (Å²) in [6.07, 6.45) is 2.19. The van der Waals surface area contributed by atoms with Gasteiger partial charge in [-0.2, -0.15) is 0 Å². The number of nitrogens with one attached hydrogen (secondary N) is 1. The van der Waals surface area contributed by atoms with E-state index in [1.165, 1.54) is 6.07 Å². The predicted molar refractivity (Wildman–Crippen MR) is 110 cm³/mol. The number of aliphatic hydroxyl groups is 1. The SMILES string of the molecule is CCCC[C@]1(CC)CS(=O)(=O)c2ccc(NO)cc2[C@H](c2ccccc2)[C@@H]1O. The predicted octanol–water partition coefficient (Wildman–Crippen LogP) is 4.35. The van der Waals surface area contributed by atoms with Gasteiger partial charge in [0.25, 0.3) is 0 Å². The van der Waals surface area contributed by atoms with Gasteiger partial charge in [0.15, 0.2) is 9.84 Å². The molecule has 0 radical (unpaired) electrons. The van der Waals surface area contributed by atoms with E-state index in [0.717, 1.165) is 18.4 Å². The van der Waals surface area contributed by atoms with Gasteiger partial charge in [0.05, 0.1) is 22.4 Å². The van der Waals surface area contributed by atoms with Crippen LogP contribution in [0.2, 0.25) is 0 Å². The molecule has 0 fully saturated rings. The third-order valence-electron chi connectivity index (χ3n) is 6.12. The number of benzene rings is 2. The molecular formula is C22H29NO4S. The molecule has 1 heterocycles. The van der Waals surface area contributed by atoms with Crippen LogP contribution in [-0.4, -0.2) is 30.6 Å². The van der Waals surface area contributed by atoms with E-state index in [2.05, 4.69) is 12.4 Å². The van der Waals surface area contributed by atoms with Crippen LogP contribution in [0.5, 0.6) is 0 Å². The van der Waals surface area contributed by atoms with Crippen molar-refractivity contribution in [3.8, 4) is 0 Å². The summed E-state index contributed by atoms with van der Waals surface area (Å²) in [7, 11) is -3.60. The maximum absolute atomic E-state index is 13.4. The molecule has 0 aliphatic carbocycles. The maximum atomic E-state index is 13.4. The van der Waals surface area contributed by atoms with Crippen molar-refractivity contribution in [2.24, 2.45) is 5.41 Å². The molecule has 0 unspecified atom stereocenters. The van der Waals surface area contributed by atoms with Crippen LogP contribution >= 0.6 is 0 Å². The number of aliphatic hydroxyl groups excluding tert-OH is 1. The Morgan fingerprint density at radius 2 is 1.86 bits per heavy atom. The van der Waals surface area contributed by atoms with Gasteiger partial charge in [-0.3, -0.25) is 10.7 Å². The molecule has 0 bridgehead atoms. The molecule has 3 rings (SSSR count). The lowest BCUT2D eigenvalue weighted by molar-refractivity contribution is 0.0174. The van der Waals surface area contributed by atoms with Crippen molar-refractivity contribution < 1.29 is 18.7 Å². The highest BCUT2D eigenvalue weighted by Gasteiger charge is 2.48. The van der Waals surface area contributed by atoms with E-state index < -0.39 is 27.3 Å². The van der Waals surface area contributed by atoms with Gasteiger partial charge in [-0.15, -0.1) is 0 Å². The maximum Gasteiger partial charge on any atom is 0.179 e. The molecule has 2 aromatic carbocycles. The third kappa shape index (κ3) is 3.69. The summed E-state index contributed by atoms with van der Waals surface area (Å²) in [4.78, 5) is 0.242. The molecule has 3 atom stereocenters. The van der Waals surface area contributed by atoms with Crippen molar-refractivity contribution >= 4 is 15.5 Å². The van der Waals surface area contributed by atoms with E-state index in [4.69, 9.17) is 0 Å². The van der Waals surface area contributed by atoms with E-state index in [9.17, 15) is 18.7 Å². The number of anilines is 1.